The van der Waals surface area contributed by atoms with Crippen LogP contribution in [0.5, 0.6) is 0 Å². The average molecular weight is 364 g/mol. The lowest BCUT2D eigenvalue weighted by Crippen LogP contribution is -2.45. The molecule has 0 unspecified atom stereocenters. The predicted octanol–water partition coefficient (Wildman–Crippen LogP) is 2.14. The molecule has 0 bridgehead atoms. The summed E-state index contributed by atoms with van der Waals surface area (Å²) in [5.41, 5.74) is 0. The van der Waals surface area contributed by atoms with Crippen molar-refractivity contribution in [3.8, 4) is 0 Å². The van der Waals surface area contributed by atoms with Crippen LogP contribution >= 0.6 is 0 Å². The molecule has 2 heterocycles. The largest absolute Gasteiger partial charge is 0.338 e. The van der Waals surface area contributed by atoms with Crippen LogP contribution in [-0.2, 0) is 16.4 Å². The Labute approximate surface area is 148 Å². The Morgan fingerprint density at radius 3 is 2.56 bits per heavy atom. The van der Waals surface area contributed by atoms with Gasteiger partial charge in [-0.3, -0.25) is 4.90 Å². The molecule has 1 N–H and O–H groups in total. The van der Waals surface area contributed by atoms with Crippen LogP contribution in [0.1, 0.15) is 44.4 Å². The van der Waals surface area contributed by atoms with E-state index in [-0.39, 0.29) is 12.1 Å². The number of aryl methyl sites for hydroxylation is 1. The lowest BCUT2D eigenvalue weighted by atomic mass is 10.0. The van der Waals surface area contributed by atoms with Crippen LogP contribution in [0, 0.1) is 0 Å². The SMILES string of the molecule is CCc1noc([C@@H](C)N2CCC(NS(=O)(=O)c3ccccc3)CC2)n1. The van der Waals surface area contributed by atoms with Gasteiger partial charge >= 0.3 is 0 Å². The van der Waals surface area contributed by atoms with Crippen molar-refractivity contribution in [3.05, 3.63) is 42.0 Å². The minimum Gasteiger partial charge on any atom is -0.338 e. The van der Waals surface area contributed by atoms with Crippen molar-refractivity contribution in [2.45, 2.75) is 50.1 Å². The molecule has 1 aliphatic heterocycles. The van der Waals surface area contributed by atoms with Crippen LogP contribution in [0.3, 0.4) is 0 Å². The van der Waals surface area contributed by atoms with Gasteiger partial charge in [-0.1, -0.05) is 30.3 Å². The second kappa shape index (κ2) is 7.63. The highest BCUT2D eigenvalue weighted by molar-refractivity contribution is 7.89. The minimum atomic E-state index is -3.46. The molecule has 0 aliphatic carbocycles. The van der Waals surface area contributed by atoms with E-state index in [1.165, 1.54) is 0 Å². The van der Waals surface area contributed by atoms with E-state index >= 15 is 0 Å². The van der Waals surface area contributed by atoms with Crippen molar-refractivity contribution in [2.24, 2.45) is 0 Å². The van der Waals surface area contributed by atoms with Crippen molar-refractivity contribution < 1.29 is 12.9 Å². The molecule has 1 fully saturated rings. The van der Waals surface area contributed by atoms with Gasteiger partial charge in [0.15, 0.2) is 5.82 Å². The maximum Gasteiger partial charge on any atom is 0.243 e. The van der Waals surface area contributed by atoms with E-state index in [1.54, 1.807) is 30.3 Å². The first-order valence-electron chi connectivity index (χ1n) is 8.63. The van der Waals surface area contributed by atoms with Gasteiger partial charge in [-0.15, -0.1) is 0 Å². The monoisotopic (exact) mass is 364 g/mol. The van der Waals surface area contributed by atoms with E-state index in [1.807, 2.05) is 13.8 Å². The van der Waals surface area contributed by atoms with Gasteiger partial charge in [-0.2, -0.15) is 4.98 Å². The van der Waals surface area contributed by atoms with Gasteiger partial charge < -0.3 is 4.52 Å². The first-order chi connectivity index (χ1) is 12.0. The lowest BCUT2D eigenvalue weighted by molar-refractivity contribution is 0.134. The highest BCUT2D eigenvalue weighted by Crippen LogP contribution is 2.24. The molecule has 0 spiro atoms. The minimum absolute atomic E-state index is 0.0412. The summed E-state index contributed by atoms with van der Waals surface area (Å²) in [5, 5.41) is 3.94. The zero-order valence-corrected chi connectivity index (χ0v) is 15.4. The molecular weight excluding hydrogens is 340 g/mol. The number of rotatable bonds is 6. The van der Waals surface area contributed by atoms with Gasteiger partial charge in [-0.25, -0.2) is 13.1 Å². The van der Waals surface area contributed by atoms with Crippen LogP contribution in [0.25, 0.3) is 0 Å². The van der Waals surface area contributed by atoms with Crippen LogP contribution < -0.4 is 4.72 Å². The van der Waals surface area contributed by atoms with E-state index in [9.17, 15) is 8.42 Å². The number of hydrogen-bond donors (Lipinski definition) is 1. The Balaban J connectivity index is 1.56. The molecule has 3 rings (SSSR count). The molecule has 2 aromatic rings. The molecule has 0 saturated carbocycles. The smallest absolute Gasteiger partial charge is 0.243 e. The van der Waals surface area contributed by atoms with Crippen molar-refractivity contribution in [2.75, 3.05) is 13.1 Å². The number of benzene rings is 1. The first kappa shape index (κ1) is 18.0. The fourth-order valence-electron chi connectivity index (χ4n) is 3.03. The van der Waals surface area contributed by atoms with Crippen LogP contribution in [0.4, 0.5) is 0 Å². The van der Waals surface area contributed by atoms with Gasteiger partial charge in [0.1, 0.15) is 0 Å². The fourth-order valence-corrected chi connectivity index (χ4v) is 4.35. The van der Waals surface area contributed by atoms with E-state index in [4.69, 9.17) is 4.52 Å². The summed E-state index contributed by atoms with van der Waals surface area (Å²) in [6.45, 7) is 5.60. The first-order valence-corrected chi connectivity index (χ1v) is 10.1. The fraction of sp³-hybridized carbons (Fsp3) is 0.529. The van der Waals surface area contributed by atoms with E-state index < -0.39 is 10.0 Å². The third-order valence-corrected chi connectivity index (χ3v) is 6.15. The second-order valence-corrected chi connectivity index (χ2v) is 8.04. The number of sulfonamides is 1. The number of piperidine rings is 1. The molecule has 0 amide bonds. The number of hydrogen-bond acceptors (Lipinski definition) is 6. The maximum absolute atomic E-state index is 12.4. The second-order valence-electron chi connectivity index (χ2n) is 6.32. The molecule has 25 heavy (non-hydrogen) atoms. The Morgan fingerprint density at radius 1 is 1.28 bits per heavy atom. The molecule has 1 saturated heterocycles. The van der Waals surface area contributed by atoms with Gasteiger partial charge in [0.05, 0.1) is 10.9 Å². The Kier molecular flexibility index (Phi) is 5.51. The molecule has 0 radical (unpaired) electrons. The molecule has 8 heteroatoms. The number of likely N-dealkylation sites (tertiary alicyclic amines) is 1. The van der Waals surface area contributed by atoms with Crippen LogP contribution in [0.2, 0.25) is 0 Å². The van der Waals surface area contributed by atoms with Gasteiger partial charge in [0.2, 0.25) is 15.9 Å². The number of aromatic nitrogens is 2. The standard InChI is InChI=1S/C17H24N4O3S/c1-3-16-18-17(24-19-16)13(2)21-11-9-14(10-12-21)20-25(22,23)15-7-5-4-6-8-15/h4-8,13-14,20H,3,9-12H2,1-2H3/t13-/m1/s1. The van der Waals surface area contributed by atoms with Crippen molar-refractivity contribution in [3.63, 3.8) is 0 Å². The van der Waals surface area contributed by atoms with E-state index in [0.717, 1.165) is 32.4 Å². The van der Waals surface area contributed by atoms with Crippen molar-refractivity contribution in [1.82, 2.24) is 19.8 Å². The molecule has 1 atom stereocenters. The maximum atomic E-state index is 12.4. The van der Waals surface area contributed by atoms with E-state index in [0.29, 0.717) is 16.6 Å². The predicted molar refractivity (Wildman–Crippen MR) is 93.4 cm³/mol. The molecule has 1 aromatic heterocycles. The summed E-state index contributed by atoms with van der Waals surface area (Å²) < 4.78 is 33.0. The molecule has 1 aliphatic rings. The van der Waals surface area contributed by atoms with Gasteiger partial charge in [0.25, 0.3) is 0 Å². The normalized spacial score (nSPS) is 18.3. The summed E-state index contributed by atoms with van der Waals surface area (Å²) >= 11 is 0. The summed E-state index contributed by atoms with van der Waals surface area (Å²) in [6, 6.07) is 8.48. The zero-order valence-electron chi connectivity index (χ0n) is 14.6. The summed E-state index contributed by atoms with van der Waals surface area (Å²) in [6.07, 6.45) is 2.26. The third-order valence-electron chi connectivity index (χ3n) is 4.61. The average Bonchev–Trinajstić information content (AvgIpc) is 3.11. The van der Waals surface area contributed by atoms with E-state index in [2.05, 4.69) is 19.8 Å². The molecule has 136 valence electrons. The molecule has 7 nitrogen and oxygen atoms in total. The van der Waals surface area contributed by atoms with Crippen LogP contribution in [0.15, 0.2) is 39.8 Å². The third kappa shape index (κ3) is 4.26. The van der Waals surface area contributed by atoms with Crippen molar-refractivity contribution in [1.29, 1.82) is 0 Å². The topological polar surface area (TPSA) is 88.3 Å². The Bertz CT molecular complexity index is 783. The molecular formula is C17H24N4O3S. The summed E-state index contributed by atoms with van der Waals surface area (Å²) in [5.74, 6) is 1.34. The number of nitrogens with zero attached hydrogens (tertiary/aromatic N) is 3. The van der Waals surface area contributed by atoms with Gasteiger partial charge in [0, 0.05) is 25.6 Å². The van der Waals surface area contributed by atoms with Crippen LogP contribution in [-0.4, -0.2) is 42.6 Å². The summed E-state index contributed by atoms with van der Waals surface area (Å²) in [4.78, 5) is 6.95. The number of nitrogens with one attached hydrogen (secondary N) is 1. The quantitative estimate of drug-likeness (QED) is 0.845. The van der Waals surface area contributed by atoms with Crippen molar-refractivity contribution >= 4 is 10.0 Å². The Morgan fingerprint density at radius 2 is 1.96 bits per heavy atom. The molecule has 1 aromatic carbocycles. The summed E-state index contributed by atoms with van der Waals surface area (Å²) in [7, 11) is -3.46. The highest BCUT2D eigenvalue weighted by Gasteiger charge is 2.29. The van der Waals surface area contributed by atoms with Gasteiger partial charge in [-0.05, 0) is 31.9 Å². The lowest BCUT2D eigenvalue weighted by Gasteiger charge is -2.34. The highest BCUT2D eigenvalue weighted by atomic mass is 32.2. The zero-order chi connectivity index (χ0) is 17.9. The Hall–Kier alpha value is -1.77.